The molecule has 0 amide bonds. The summed E-state index contributed by atoms with van der Waals surface area (Å²) in [5.74, 6) is -0.585. The molecule has 1 atom stereocenters. The normalized spacial score (nSPS) is 16.4. The predicted octanol–water partition coefficient (Wildman–Crippen LogP) is 4.78. The van der Waals surface area contributed by atoms with Crippen LogP contribution in [-0.2, 0) is 20.0 Å². The maximum Gasteiger partial charge on any atom is 0.279 e. The molecule has 34 heavy (non-hydrogen) atoms. The van der Waals surface area contributed by atoms with Crippen molar-refractivity contribution in [3.05, 3.63) is 94.8 Å². The van der Waals surface area contributed by atoms with Gasteiger partial charge in [-0.25, -0.2) is 12.8 Å². The molecule has 1 N–H and O–H groups in total. The van der Waals surface area contributed by atoms with Crippen molar-refractivity contribution >= 4 is 43.0 Å². The highest BCUT2D eigenvalue weighted by Gasteiger charge is 2.38. The lowest BCUT2D eigenvalue weighted by molar-refractivity contribution is 0.370. The first-order valence-electron chi connectivity index (χ1n) is 10.3. The quantitative estimate of drug-likeness (QED) is 0.484. The molecule has 0 fully saturated rings. The van der Waals surface area contributed by atoms with Crippen LogP contribution in [-0.4, -0.2) is 32.7 Å². The molecule has 0 radical (unpaired) electrons. The van der Waals surface area contributed by atoms with Crippen molar-refractivity contribution in [1.82, 2.24) is 4.41 Å². The Hall–Kier alpha value is -2.95. The van der Waals surface area contributed by atoms with Gasteiger partial charge in [0.15, 0.2) is 0 Å². The topological polar surface area (TPSA) is 95.9 Å². The average molecular weight is 522 g/mol. The number of rotatable bonds is 7. The minimum Gasteiger partial charge on any atom is -0.284 e. The van der Waals surface area contributed by atoms with E-state index in [4.69, 9.17) is 11.6 Å². The van der Waals surface area contributed by atoms with Crippen LogP contribution in [0.5, 0.6) is 0 Å². The van der Waals surface area contributed by atoms with Crippen molar-refractivity contribution in [3.8, 4) is 0 Å². The largest absolute Gasteiger partial charge is 0.284 e. The Morgan fingerprint density at radius 1 is 1.03 bits per heavy atom. The summed E-state index contributed by atoms with van der Waals surface area (Å²) in [5, 5.41) is 4.79. The van der Waals surface area contributed by atoms with E-state index in [9.17, 15) is 21.2 Å². The van der Waals surface area contributed by atoms with Crippen LogP contribution in [0, 0.1) is 5.82 Å². The number of nitrogens with zero attached hydrogens (tertiary/aromatic N) is 2. The molecule has 4 rings (SSSR count). The first-order valence-corrected chi connectivity index (χ1v) is 13.8. The van der Waals surface area contributed by atoms with E-state index in [-0.39, 0.29) is 17.1 Å². The zero-order chi connectivity index (χ0) is 24.5. The summed E-state index contributed by atoms with van der Waals surface area (Å²) in [6, 6.07) is 17.2. The maximum absolute atomic E-state index is 14.0. The summed E-state index contributed by atoms with van der Waals surface area (Å²) in [4.78, 5) is -0.00670. The fourth-order valence-electron chi connectivity index (χ4n) is 3.58. The highest BCUT2D eigenvalue weighted by molar-refractivity contribution is 7.92. The molecule has 0 spiro atoms. The lowest BCUT2D eigenvalue weighted by Crippen LogP contribution is -2.27. The van der Waals surface area contributed by atoms with Crippen LogP contribution >= 0.6 is 11.6 Å². The molecule has 7 nitrogen and oxygen atoms in total. The molecule has 1 heterocycles. The fraction of sp³-hybridized carbons (Fsp3) is 0.174. The Bertz CT molecular complexity index is 1460. The molecular formula is C23H21ClFN3O4S2. The van der Waals surface area contributed by atoms with Gasteiger partial charge < -0.3 is 0 Å². The Labute approximate surface area is 203 Å². The summed E-state index contributed by atoms with van der Waals surface area (Å²) in [7, 11) is -7.59. The number of hydrogen-bond acceptors (Lipinski definition) is 5. The second-order valence-corrected chi connectivity index (χ2v) is 11.9. The first-order chi connectivity index (χ1) is 16.1. The van der Waals surface area contributed by atoms with Crippen LogP contribution in [0.15, 0.2) is 82.8 Å². The van der Waals surface area contributed by atoms with Crippen molar-refractivity contribution < 1.29 is 21.2 Å². The highest BCUT2D eigenvalue weighted by atomic mass is 35.5. The zero-order valence-electron chi connectivity index (χ0n) is 18.0. The van der Waals surface area contributed by atoms with Crippen molar-refractivity contribution in [2.75, 3.05) is 10.5 Å². The lowest BCUT2D eigenvalue weighted by atomic mass is 9.99. The number of anilines is 1. The van der Waals surface area contributed by atoms with Crippen molar-refractivity contribution in [1.29, 1.82) is 0 Å². The molecule has 3 aromatic carbocycles. The molecule has 0 saturated carbocycles. The molecule has 11 heteroatoms. The minimum atomic E-state index is -4.10. The fourth-order valence-corrected chi connectivity index (χ4v) is 5.77. The summed E-state index contributed by atoms with van der Waals surface area (Å²) in [6.07, 6.45) is 0.167. The van der Waals surface area contributed by atoms with E-state index < -0.39 is 31.9 Å². The van der Waals surface area contributed by atoms with E-state index in [1.807, 2.05) is 0 Å². The number of nitrogens with one attached hydrogen (secondary N) is 1. The molecule has 0 saturated heterocycles. The number of hydrazone groups is 1. The number of benzene rings is 3. The molecular weight excluding hydrogens is 501 g/mol. The number of halogens is 2. The van der Waals surface area contributed by atoms with Gasteiger partial charge in [-0.3, -0.25) is 4.72 Å². The van der Waals surface area contributed by atoms with Gasteiger partial charge in [0.05, 0.1) is 22.4 Å². The Morgan fingerprint density at radius 2 is 1.74 bits per heavy atom. The molecule has 3 aromatic rings. The second kappa shape index (κ2) is 9.36. The van der Waals surface area contributed by atoms with Crippen LogP contribution in [0.4, 0.5) is 10.1 Å². The van der Waals surface area contributed by atoms with Gasteiger partial charge in [-0.1, -0.05) is 35.9 Å². The molecule has 0 aromatic heterocycles. The molecule has 1 aliphatic heterocycles. The van der Waals surface area contributed by atoms with Gasteiger partial charge in [0.1, 0.15) is 5.82 Å². The Morgan fingerprint density at radius 3 is 2.41 bits per heavy atom. The summed E-state index contributed by atoms with van der Waals surface area (Å²) < 4.78 is 68.3. The summed E-state index contributed by atoms with van der Waals surface area (Å²) >= 11 is 5.91. The molecule has 178 valence electrons. The molecule has 0 aliphatic carbocycles. The van der Waals surface area contributed by atoms with E-state index in [1.165, 1.54) is 49.4 Å². The third kappa shape index (κ3) is 5.08. The van der Waals surface area contributed by atoms with E-state index in [0.717, 1.165) is 4.41 Å². The van der Waals surface area contributed by atoms with Gasteiger partial charge in [0.25, 0.3) is 10.0 Å². The standard InChI is InChI=1S/C23H21ClFN3O4S2/c1-2-33(29,30)27-20-8-4-5-16(14-20)22-15-23(17-6-3-7-19(25)13-17)28(26-22)34(31,32)21-11-9-18(24)10-12-21/h3-14,23,27H,2,15H2,1H3/t23-/m0/s1. The average Bonchev–Trinajstić information content (AvgIpc) is 3.26. The Balaban J connectivity index is 1.77. The zero-order valence-corrected chi connectivity index (χ0v) is 20.4. The van der Waals surface area contributed by atoms with Crippen LogP contribution in [0.3, 0.4) is 0 Å². The molecule has 1 aliphatic rings. The van der Waals surface area contributed by atoms with Gasteiger partial charge in [-0.05, 0) is 66.6 Å². The summed E-state index contributed by atoms with van der Waals surface area (Å²) in [6.45, 7) is 1.52. The van der Waals surface area contributed by atoms with Crippen LogP contribution in [0.2, 0.25) is 5.02 Å². The molecule has 0 unspecified atom stereocenters. The predicted molar refractivity (Wildman–Crippen MR) is 130 cm³/mol. The Kier molecular flexibility index (Phi) is 6.66. The van der Waals surface area contributed by atoms with Gasteiger partial charge in [-0.15, -0.1) is 0 Å². The monoisotopic (exact) mass is 521 g/mol. The van der Waals surface area contributed by atoms with Gasteiger partial charge >= 0.3 is 0 Å². The van der Waals surface area contributed by atoms with E-state index >= 15 is 0 Å². The number of sulfonamides is 2. The third-order valence-electron chi connectivity index (χ3n) is 5.31. The van der Waals surface area contributed by atoms with E-state index in [1.54, 1.807) is 30.3 Å². The second-order valence-electron chi connectivity index (χ2n) is 7.64. The minimum absolute atomic E-state index is 0.00670. The van der Waals surface area contributed by atoms with Crippen molar-refractivity contribution in [2.45, 2.75) is 24.3 Å². The number of hydrogen-bond donors (Lipinski definition) is 1. The van der Waals surface area contributed by atoms with Gasteiger partial charge in [0.2, 0.25) is 10.0 Å². The van der Waals surface area contributed by atoms with E-state index in [0.29, 0.717) is 27.5 Å². The van der Waals surface area contributed by atoms with E-state index in [2.05, 4.69) is 9.82 Å². The smallest absolute Gasteiger partial charge is 0.279 e. The SMILES string of the molecule is CCS(=O)(=O)Nc1cccc(C2=NN(S(=O)(=O)c3ccc(Cl)cc3)[C@H](c3cccc(F)c3)C2)c1. The van der Waals surface area contributed by atoms with Crippen LogP contribution in [0.25, 0.3) is 0 Å². The third-order valence-corrected chi connectivity index (χ3v) is 8.57. The maximum atomic E-state index is 14.0. The van der Waals surface area contributed by atoms with Gasteiger partial charge in [0, 0.05) is 17.1 Å². The lowest BCUT2D eigenvalue weighted by Gasteiger charge is -2.23. The first kappa shape index (κ1) is 24.2. The highest BCUT2D eigenvalue weighted by Crippen LogP contribution is 2.37. The summed E-state index contributed by atoms with van der Waals surface area (Å²) in [5.41, 5.74) is 1.75. The van der Waals surface area contributed by atoms with Crippen LogP contribution in [0.1, 0.15) is 30.5 Å². The van der Waals surface area contributed by atoms with Crippen molar-refractivity contribution in [3.63, 3.8) is 0 Å². The van der Waals surface area contributed by atoms with Crippen molar-refractivity contribution in [2.24, 2.45) is 5.10 Å². The van der Waals surface area contributed by atoms with Gasteiger partial charge in [-0.2, -0.15) is 17.9 Å². The molecule has 0 bridgehead atoms. The van der Waals surface area contributed by atoms with Crippen LogP contribution < -0.4 is 4.72 Å².